The molecule has 1 heterocycles. The van der Waals surface area contributed by atoms with Gasteiger partial charge in [0.2, 0.25) is 0 Å². The number of aliphatic hydroxyl groups is 1. The minimum Gasteiger partial charge on any atom is -0.497 e. The smallest absolute Gasteiger partial charge is 0.118 e. The van der Waals surface area contributed by atoms with E-state index in [-0.39, 0.29) is 0 Å². The number of aliphatic hydroxyl groups excluding tert-OH is 1. The lowest BCUT2D eigenvalue weighted by Crippen LogP contribution is -2.18. The van der Waals surface area contributed by atoms with Crippen LogP contribution in [0.5, 0.6) is 11.5 Å². The fourth-order valence-corrected chi connectivity index (χ4v) is 3.86. The Hall–Kier alpha value is -2.61. The molecule has 1 aromatic heterocycles. The normalized spacial score (nSPS) is 12.0. The van der Waals surface area contributed by atoms with E-state index in [9.17, 15) is 5.11 Å². The van der Waals surface area contributed by atoms with Gasteiger partial charge in [-0.1, -0.05) is 36.2 Å². The van der Waals surface area contributed by atoms with Crippen LogP contribution in [-0.4, -0.2) is 39.4 Å². The van der Waals surface area contributed by atoms with Crippen molar-refractivity contribution in [2.24, 2.45) is 0 Å². The molecule has 0 bridgehead atoms. The quantitative estimate of drug-likeness (QED) is 0.489. The van der Waals surface area contributed by atoms with E-state index >= 15 is 0 Å². The minimum absolute atomic E-state index is 0.490. The van der Waals surface area contributed by atoms with Crippen molar-refractivity contribution in [3.63, 3.8) is 0 Å². The second kappa shape index (κ2) is 11.0. The molecule has 2 aromatic carbocycles. The predicted molar refractivity (Wildman–Crippen MR) is 119 cm³/mol. The first-order valence-electron chi connectivity index (χ1n) is 9.67. The number of benzene rings is 2. The summed E-state index contributed by atoms with van der Waals surface area (Å²) in [6.45, 7) is 3.34. The maximum absolute atomic E-state index is 10.5. The van der Waals surface area contributed by atoms with E-state index in [1.54, 1.807) is 38.6 Å². The van der Waals surface area contributed by atoms with Crippen LogP contribution in [0, 0.1) is 6.92 Å². The van der Waals surface area contributed by atoms with Crippen molar-refractivity contribution in [2.75, 3.05) is 20.0 Å². The van der Waals surface area contributed by atoms with Crippen LogP contribution < -0.4 is 9.47 Å². The van der Waals surface area contributed by atoms with Crippen LogP contribution in [0.15, 0.2) is 60.9 Å². The molecule has 158 valence electrons. The van der Waals surface area contributed by atoms with Crippen LogP contribution in [0.2, 0.25) is 0 Å². The first kappa shape index (κ1) is 22.1. The monoisotopic (exact) mass is 425 g/mol. The highest BCUT2D eigenvalue weighted by Gasteiger charge is 2.15. The SMILES string of the molecule is COc1ccc(CN(Cc2ccc(OC)cc2)SCC(O)c2cnc(C)cn2)cc1. The third-order valence-corrected chi connectivity index (χ3v) is 5.68. The molecule has 3 aromatic rings. The first-order valence-corrected chi connectivity index (χ1v) is 10.6. The molecular weight excluding hydrogens is 398 g/mol. The number of methoxy groups -OCH3 is 2. The van der Waals surface area contributed by atoms with Crippen LogP contribution in [0.1, 0.15) is 28.6 Å². The third kappa shape index (κ3) is 6.45. The van der Waals surface area contributed by atoms with Gasteiger partial charge in [-0.3, -0.25) is 9.97 Å². The van der Waals surface area contributed by atoms with Crippen LogP contribution in [0.3, 0.4) is 0 Å². The summed E-state index contributed by atoms with van der Waals surface area (Å²) < 4.78 is 12.7. The molecule has 3 rings (SSSR count). The van der Waals surface area contributed by atoms with Gasteiger partial charge in [-0.2, -0.15) is 0 Å². The molecule has 0 amide bonds. The Morgan fingerprint density at radius 2 is 1.40 bits per heavy atom. The van der Waals surface area contributed by atoms with Crippen molar-refractivity contribution in [2.45, 2.75) is 26.1 Å². The van der Waals surface area contributed by atoms with Gasteiger partial charge >= 0.3 is 0 Å². The zero-order chi connectivity index (χ0) is 21.3. The number of hydrogen-bond acceptors (Lipinski definition) is 7. The van der Waals surface area contributed by atoms with Gasteiger partial charge < -0.3 is 14.6 Å². The lowest BCUT2D eigenvalue weighted by Gasteiger charge is -2.23. The van der Waals surface area contributed by atoms with E-state index in [2.05, 4.69) is 38.5 Å². The largest absolute Gasteiger partial charge is 0.497 e. The topological polar surface area (TPSA) is 67.7 Å². The average Bonchev–Trinajstić information content (AvgIpc) is 2.78. The Labute approximate surface area is 182 Å². The van der Waals surface area contributed by atoms with E-state index in [1.165, 1.54) is 11.1 Å². The summed E-state index contributed by atoms with van der Waals surface area (Å²) in [6, 6.07) is 16.1. The Morgan fingerprint density at radius 3 is 1.83 bits per heavy atom. The number of rotatable bonds is 10. The van der Waals surface area contributed by atoms with E-state index in [0.29, 0.717) is 11.4 Å². The van der Waals surface area contributed by atoms with Crippen molar-refractivity contribution in [1.82, 2.24) is 14.3 Å². The summed E-state index contributed by atoms with van der Waals surface area (Å²) in [4.78, 5) is 8.52. The zero-order valence-electron chi connectivity index (χ0n) is 17.5. The fraction of sp³-hybridized carbons (Fsp3) is 0.304. The van der Waals surface area contributed by atoms with Crippen molar-refractivity contribution in [1.29, 1.82) is 0 Å². The van der Waals surface area contributed by atoms with Gasteiger partial charge in [0, 0.05) is 25.0 Å². The van der Waals surface area contributed by atoms with Crippen LogP contribution in [-0.2, 0) is 13.1 Å². The van der Waals surface area contributed by atoms with E-state index < -0.39 is 6.10 Å². The highest BCUT2D eigenvalue weighted by molar-refractivity contribution is 7.97. The van der Waals surface area contributed by atoms with Gasteiger partial charge in [0.1, 0.15) is 17.6 Å². The fourth-order valence-electron chi connectivity index (χ4n) is 2.85. The molecule has 0 saturated heterocycles. The molecule has 1 N–H and O–H groups in total. The van der Waals surface area contributed by atoms with Crippen molar-refractivity contribution in [3.8, 4) is 11.5 Å². The highest BCUT2D eigenvalue weighted by atomic mass is 32.2. The number of hydrogen-bond donors (Lipinski definition) is 1. The van der Waals surface area contributed by atoms with Crippen molar-refractivity contribution < 1.29 is 14.6 Å². The molecular formula is C23H27N3O3S. The second-order valence-corrected chi connectivity index (χ2v) is 8.00. The van der Waals surface area contributed by atoms with E-state index in [0.717, 1.165) is 30.3 Å². The molecule has 7 heteroatoms. The number of aromatic nitrogens is 2. The maximum Gasteiger partial charge on any atom is 0.118 e. The summed E-state index contributed by atoms with van der Waals surface area (Å²) in [7, 11) is 3.33. The Bertz CT molecular complexity index is 853. The molecule has 0 saturated carbocycles. The predicted octanol–water partition coefficient (Wildman–Crippen LogP) is 4.19. The molecule has 30 heavy (non-hydrogen) atoms. The van der Waals surface area contributed by atoms with Gasteiger partial charge in [0.25, 0.3) is 0 Å². The lowest BCUT2D eigenvalue weighted by atomic mass is 10.2. The summed E-state index contributed by atoms with van der Waals surface area (Å²) >= 11 is 1.59. The van der Waals surface area contributed by atoms with Crippen molar-refractivity contribution >= 4 is 11.9 Å². The van der Waals surface area contributed by atoms with Gasteiger partial charge in [0.05, 0.1) is 31.8 Å². The Balaban J connectivity index is 1.68. The molecule has 0 radical (unpaired) electrons. The number of nitrogens with zero attached hydrogens (tertiary/aromatic N) is 3. The second-order valence-electron chi connectivity index (χ2n) is 6.89. The van der Waals surface area contributed by atoms with Gasteiger partial charge in [-0.05, 0) is 42.3 Å². The van der Waals surface area contributed by atoms with Crippen LogP contribution in [0.25, 0.3) is 0 Å². The summed E-state index contributed by atoms with van der Waals surface area (Å²) in [6.07, 6.45) is 2.63. The first-order chi connectivity index (χ1) is 14.6. The maximum atomic E-state index is 10.5. The molecule has 0 aliphatic heterocycles. The molecule has 0 spiro atoms. The summed E-state index contributed by atoms with van der Waals surface area (Å²) in [5.41, 5.74) is 3.75. The average molecular weight is 426 g/mol. The van der Waals surface area contributed by atoms with E-state index in [1.807, 2.05) is 31.2 Å². The van der Waals surface area contributed by atoms with Gasteiger partial charge in [-0.15, -0.1) is 0 Å². The molecule has 0 aliphatic carbocycles. The summed E-state index contributed by atoms with van der Waals surface area (Å²) in [5.74, 6) is 2.16. The van der Waals surface area contributed by atoms with E-state index in [4.69, 9.17) is 9.47 Å². The molecule has 1 unspecified atom stereocenters. The number of aryl methyl sites for hydroxylation is 1. The standard InChI is InChI=1S/C23H27N3O3S/c1-17-12-25-22(13-24-17)23(27)16-30-26(14-18-4-8-20(28-2)9-5-18)15-19-6-10-21(29-3)11-7-19/h4-13,23,27H,14-16H2,1-3H3. The Morgan fingerprint density at radius 1 is 0.867 bits per heavy atom. The summed E-state index contributed by atoms with van der Waals surface area (Å²) in [5, 5.41) is 10.5. The third-order valence-electron chi connectivity index (χ3n) is 4.59. The van der Waals surface area contributed by atoms with Gasteiger partial charge in [0.15, 0.2) is 0 Å². The molecule has 6 nitrogen and oxygen atoms in total. The minimum atomic E-state index is -0.683. The molecule has 0 fully saturated rings. The molecule has 1 atom stereocenters. The van der Waals surface area contributed by atoms with Gasteiger partial charge in [-0.25, -0.2) is 4.31 Å². The zero-order valence-corrected chi connectivity index (χ0v) is 18.3. The lowest BCUT2D eigenvalue weighted by molar-refractivity contribution is 0.197. The highest BCUT2D eigenvalue weighted by Crippen LogP contribution is 2.25. The Kier molecular flexibility index (Phi) is 8.07. The van der Waals surface area contributed by atoms with Crippen molar-refractivity contribution in [3.05, 3.63) is 83.4 Å². The molecule has 0 aliphatic rings. The van der Waals surface area contributed by atoms with Crippen LogP contribution in [0.4, 0.5) is 0 Å². The number of ether oxygens (including phenoxy) is 2. The van der Waals surface area contributed by atoms with Crippen LogP contribution >= 0.6 is 11.9 Å².